The summed E-state index contributed by atoms with van der Waals surface area (Å²) in [5.41, 5.74) is 8.88. The second-order valence-electron chi connectivity index (χ2n) is 9.35. The normalized spacial score (nSPS) is 14.5. The van der Waals surface area contributed by atoms with Gasteiger partial charge in [-0.1, -0.05) is 97.1 Å². The van der Waals surface area contributed by atoms with Gasteiger partial charge < -0.3 is 10.6 Å². The Morgan fingerprint density at radius 1 is 0.971 bits per heavy atom. The minimum absolute atomic E-state index is 0.159. The van der Waals surface area contributed by atoms with Crippen molar-refractivity contribution in [1.29, 1.82) is 0 Å². The van der Waals surface area contributed by atoms with Crippen LogP contribution >= 0.6 is 0 Å². The van der Waals surface area contributed by atoms with Gasteiger partial charge in [0.25, 0.3) is 0 Å². The first-order chi connectivity index (χ1) is 16.9. The van der Waals surface area contributed by atoms with Gasteiger partial charge in [-0.2, -0.15) is 0 Å². The molecule has 2 amide bonds. The average molecular weight is 473 g/mol. The highest BCUT2D eigenvalue weighted by Crippen LogP contribution is 2.35. The Kier molecular flexibility index (Phi) is 11.8. The number of piperidine rings is 1. The lowest BCUT2D eigenvalue weighted by atomic mass is 9.73. The monoisotopic (exact) mass is 472 g/mol. The van der Waals surface area contributed by atoms with Gasteiger partial charge in [0.05, 0.1) is 5.41 Å². The van der Waals surface area contributed by atoms with Gasteiger partial charge >= 0.3 is 0 Å². The summed E-state index contributed by atoms with van der Waals surface area (Å²) in [6.07, 6.45) is 12.2. The zero-order chi connectivity index (χ0) is 25.5. The molecular weight excluding hydrogens is 432 g/mol. The smallest absolute Gasteiger partial charge is 0.224 e. The van der Waals surface area contributed by atoms with Crippen LogP contribution in [0.4, 0.5) is 0 Å². The number of allylic oxidation sites excluding steroid dienone is 5. The number of carbonyl (C=O) groups excluding carboxylic acids is 2. The Bertz CT molecular complexity index is 981. The van der Waals surface area contributed by atoms with Crippen LogP contribution in [0.15, 0.2) is 97.1 Å². The lowest BCUT2D eigenvalue weighted by Gasteiger charge is -2.40. The van der Waals surface area contributed by atoms with Crippen LogP contribution in [-0.2, 0) is 22.4 Å². The molecule has 4 heteroatoms. The van der Waals surface area contributed by atoms with E-state index in [0.717, 1.165) is 18.4 Å². The van der Waals surface area contributed by atoms with E-state index in [1.165, 1.54) is 11.1 Å². The lowest BCUT2D eigenvalue weighted by molar-refractivity contribution is -0.138. The van der Waals surface area contributed by atoms with E-state index in [1.807, 2.05) is 71.6 Å². The molecule has 0 bridgehead atoms. The molecular formula is C31H40N2O2. The van der Waals surface area contributed by atoms with E-state index in [2.05, 4.69) is 32.6 Å². The summed E-state index contributed by atoms with van der Waals surface area (Å²) >= 11 is 0. The summed E-state index contributed by atoms with van der Waals surface area (Å²) in [5.74, 6) is -0.0932. The maximum absolute atomic E-state index is 12.5. The fraction of sp³-hybridized carbons (Fsp3) is 0.355. The molecule has 0 atom stereocenters. The van der Waals surface area contributed by atoms with Crippen molar-refractivity contribution in [1.82, 2.24) is 4.90 Å². The van der Waals surface area contributed by atoms with Crippen LogP contribution in [0, 0.1) is 5.41 Å². The summed E-state index contributed by atoms with van der Waals surface area (Å²) in [7, 11) is 0. The fourth-order valence-electron chi connectivity index (χ4n) is 4.21. The largest absolute Gasteiger partial charge is 0.369 e. The van der Waals surface area contributed by atoms with Crippen molar-refractivity contribution in [2.24, 2.45) is 11.1 Å². The van der Waals surface area contributed by atoms with Gasteiger partial charge in [-0.3, -0.25) is 9.59 Å². The van der Waals surface area contributed by atoms with Gasteiger partial charge in [-0.15, -0.1) is 0 Å². The molecule has 1 saturated heterocycles. The number of carbonyl (C=O) groups is 2. The zero-order valence-electron chi connectivity index (χ0n) is 21.3. The van der Waals surface area contributed by atoms with Crippen molar-refractivity contribution in [3.63, 3.8) is 0 Å². The quantitative estimate of drug-likeness (QED) is 0.357. The molecule has 0 aliphatic carbocycles. The van der Waals surface area contributed by atoms with Gasteiger partial charge in [0.2, 0.25) is 11.8 Å². The Balaban J connectivity index is 0.000000410. The summed E-state index contributed by atoms with van der Waals surface area (Å²) in [5, 5.41) is 0. The molecule has 186 valence electrons. The van der Waals surface area contributed by atoms with E-state index in [-0.39, 0.29) is 11.8 Å². The van der Waals surface area contributed by atoms with Crippen LogP contribution in [0.3, 0.4) is 0 Å². The predicted molar refractivity (Wildman–Crippen MR) is 146 cm³/mol. The molecule has 1 heterocycles. The van der Waals surface area contributed by atoms with Crippen LogP contribution in [-0.4, -0.2) is 29.8 Å². The number of hydrogen-bond donors (Lipinski definition) is 1. The molecule has 35 heavy (non-hydrogen) atoms. The highest BCUT2D eigenvalue weighted by Gasteiger charge is 2.40. The van der Waals surface area contributed by atoms with Crippen molar-refractivity contribution < 1.29 is 9.59 Å². The molecule has 0 radical (unpaired) electrons. The zero-order valence-corrected chi connectivity index (χ0v) is 21.3. The molecule has 0 saturated carbocycles. The standard InChI is InChI=1S/C22H26N2O2.C9H14/c23-21(26)22(17-19-9-5-2-6-10-19)13-15-24(16-14-22)20(25)12-11-18-7-3-1-4-8-18;1-4-5-6-7-8-9(2)3/h1-10H,11-17H2,(H2,23,26);4-6,8H,1,7H2,2-3H3. The molecule has 0 spiro atoms. The summed E-state index contributed by atoms with van der Waals surface area (Å²) < 4.78 is 0. The van der Waals surface area contributed by atoms with Crippen LogP contribution in [0.1, 0.15) is 50.7 Å². The van der Waals surface area contributed by atoms with Crippen LogP contribution in [0.5, 0.6) is 0 Å². The summed E-state index contributed by atoms with van der Waals surface area (Å²) in [6, 6.07) is 20.0. The third-order valence-corrected chi connectivity index (χ3v) is 6.39. The molecule has 2 aromatic carbocycles. The number of nitrogens with zero attached hydrogens (tertiary/aromatic N) is 1. The van der Waals surface area contributed by atoms with Crippen molar-refractivity contribution in [2.75, 3.05) is 13.1 Å². The Hall–Kier alpha value is -3.40. The van der Waals surface area contributed by atoms with Gasteiger partial charge in [-0.25, -0.2) is 0 Å². The van der Waals surface area contributed by atoms with Gasteiger partial charge in [-0.05, 0) is 57.1 Å². The van der Waals surface area contributed by atoms with Crippen molar-refractivity contribution in [3.05, 3.63) is 108 Å². The number of benzene rings is 2. The molecule has 2 aromatic rings. The fourth-order valence-corrected chi connectivity index (χ4v) is 4.21. The first kappa shape index (κ1) is 27.8. The predicted octanol–water partition coefficient (Wildman–Crippen LogP) is 6.04. The number of likely N-dealkylation sites (tertiary alicyclic amines) is 1. The SMILES string of the molecule is C=CC=CCC=C(C)C.NC(=O)C1(Cc2ccccc2)CCN(C(=O)CCc2ccccc2)CC1. The Morgan fingerprint density at radius 2 is 1.54 bits per heavy atom. The molecule has 0 aromatic heterocycles. The topological polar surface area (TPSA) is 63.4 Å². The molecule has 0 unspecified atom stereocenters. The number of nitrogens with two attached hydrogens (primary N) is 1. The van der Waals surface area contributed by atoms with Gasteiger partial charge in [0, 0.05) is 19.5 Å². The van der Waals surface area contributed by atoms with E-state index in [4.69, 9.17) is 5.73 Å². The molecule has 3 rings (SSSR count). The number of hydrogen-bond acceptors (Lipinski definition) is 2. The summed E-state index contributed by atoms with van der Waals surface area (Å²) in [4.78, 5) is 26.6. The molecule has 4 nitrogen and oxygen atoms in total. The summed E-state index contributed by atoms with van der Waals surface area (Å²) in [6.45, 7) is 8.97. The third kappa shape index (κ3) is 9.78. The molecule has 1 aliphatic heterocycles. The van der Waals surface area contributed by atoms with Crippen molar-refractivity contribution >= 4 is 11.8 Å². The number of amides is 2. The van der Waals surface area contributed by atoms with Crippen LogP contribution in [0.25, 0.3) is 0 Å². The highest BCUT2D eigenvalue weighted by molar-refractivity contribution is 5.82. The average Bonchev–Trinajstić information content (AvgIpc) is 2.87. The van der Waals surface area contributed by atoms with Crippen LogP contribution in [0.2, 0.25) is 0 Å². The molecule has 1 fully saturated rings. The van der Waals surface area contributed by atoms with E-state index < -0.39 is 5.41 Å². The second-order valence-corrected chi connectivity index (χ2v) is 9.35. The van der Waals surface area contributed by atoms with Gasteiger partial charge in [0.15, 0.2) is 0 Å². The van der Waals surface area contributed by atoms with E-state index in [1.54, 1.807) is 6.08 Å². The maximum Gasteiger partial charge on any atom is 0.224 e. The van der Waals surface area contributed by atoms with Gasteiger partial charge in [0.1, 0.15) is 0 Å². The van der Waals surface area contributed by atoms with Crippen molar-refractivity contribution in [3.8, 4) is 0 Å². The first-order valence-electron chi connectivity index (χ1n) is 12.4. The number of rotatable bonds is 9. The van der Waals surface area contributed by atoms with Crippen molar-refractivity contribution in [2.45, 2.75) is 52.4 Å². The maximum atomic E-state index is 12.5. The minimum atomic E-state index is -0.544. The molecule has 2 N–H and O–H groups in total. The Labute approximate surface area is 211 Å². The number of aryl methyl sites for hydroxylation is 1. The van der Waals surface area contributed by atoms with E-state index >= 15 is 0 Å². The molecule has 1 aliphatic rings. The third-order valence-electron chi connectivity index (χ3n) is 6.39. The minimum Gasteiger partial charge on any atom is -0.369 e. The first-order valence-corrected chi connectivity index (χ1v) is 12.4. The van der Waals surface area contributed by atoms with E-state index in [0.29, 0.717) is 38.8 Å². The van der Waals surface area contributed by atoms with E-state index in [9.17, 15) is 9.59 Å². The second kappa shape index (κ2) is 14.8. The number of primary amides is 1. The van der Waals surface area contributed by atoms with Crippen LogP contribution < -0.4 is 5.73 Å². The Morgan fingerprint density at radius 3 is 2.06 bits per heavy atom. The highest BCUT2D eigenvalue weighted by atomic mass is 16.2. The lowest BCUT2D eigenvalue weighted by Crippen LogP contribution is -2.49.